The van der Waals surface area contributed by atoms with Crippen LogP contribution in [0.1, 0.15) is 24.0 Å². The Morgan fingerprint density at radius 3 is 2.59 bits per heavy atom. The molecule has 34 heavy (non-hydrogen) atoms. The number of nitrogens with zero attached hydrogens (tertiary/aromatic N) is 4. The molecule has 0 bridgehead atoms. The zero-order chi connectivity index (χ0) is 24.1. The minimum absolute atomic E-state index is 0.0418. The van der Waals surface area contributed by atoms with Crippen molar-refractivity contribution in [1.82, 2.24) is 14.9 Å². The van der Waals surface area contributed by atoms with Crippen LogP contribution >= 0.6 is 0 Å². The number of piperidine rings is 1. The van der Waals surface area contributed by atoms with Gasteiger partial charge in [-0.15, -0.1) is 0 Å². The summed E-state index contributed by atoms with van der Waals surface area (Å²) in [4.78, 5) is 24.5. The summed E-state index contributed by atoms with van der Waals surface area (Å²) in [6.07, 6.45) is 4.53. The lowest BCUT2D eigenvalue weighted by Crippen LogP contribution is -2.49. The van der Waals surface area contributed by atoms with Crippen molar-refractivity contribution in [3.8, 4) is 11.5 Å². The number of nitrogen functional groups attached to an aromatic ring is 1. The number of amides is 1. The van der Waals surface area contributed by atoms with E-state index in [-0.39, 0.29) is 23.5 Å². The van der Waals surface area contributed by atoms with Gasteiger partial charge in [0.1, 0.15) is 29.5 Å². The van der Waals surface area contributed by atoms with Crippen molar-refractivity contribution in [2.24, 2.45) is 0 Å². The van der Waals surface area contributed by atoms with Crippen molar-refractivity contribution in [3.63, 3.8) is 0 Å². The van der Waals surface area contributed by atoms with E-state index in [0.717, 1.165) is 18.6 Å². The minimum atomic E-state index is -0.0777. The van der Waals surface area contributed by atoms with E-state index in [1.54, 1.807) is 4.90 Å². The van der Waals surface area contributed by atoms with Crippen molar-refractivity contribution in [1.29, 1.82) is 5.41 Å². The predicted octanol–water partition coefficient (Wildman–Crippen LogP) is 3.88. The summed E-state index contributed by atoms with van der Waals surface area (Å²) in [5, 5.41) is 8.88. The highest BCUT2D eigenvalue weighted by Crippen LogP contribution is 2.29. The van der Waals surface area contributed by atoms with Gasteiger partial charge < -0.3 is 20.3 Å². The van der Waals surface area contributed by atoms with Gasteiger partial charge in [0.2, 0.25) is 5.91 Å². The number of ether oxygens (including phenoxy) is 1. The van der Waals surface area contributed by atoms with Gasteiger partial charge >= 0.3 is 0 Å². The van der Waals surface area contributed by atoms with E-state index < -0.39 is 0 Å². The van der Waals surface area contributed by atoms with Crippen molar-refractivity contribution in [3.05, 3.63) is 84.7 Å². The average Bonchev–Trinajstić information content (AvgIpc) is 2.88. The van der Waals surface area contributed by atoms with Crippen molar-refractivity contribution in [2.45, 2.75) is 18.9 Å². The maximum atomic E-state index is 12.1. The zero-order valence-corrected chi connectivity index (χ0v) is 19.1. The number of carbonyl (C=O) groups is 1. The standard InChI is InChI=1S/C26H28N6O2/c1-3-22(33)32-15-7-8-19(16-32)31(2)26-23(25(28)29-17-30-26)24(27)18-11-13-21(14-12-18)34-20-9-5-4-6-10-20/h3-6,9-14,17,19,27H,1,7-8,15-16H2,2H3,(H2,28,29,30)/t19-/m1/s1. The summed E-state index contributed by atoms with van der Waals surface area (Å²) in [6.45, 7) is 4.87. The number of hydrogen-bond acceptors (Lipinski definition) is 7. The fraction of sp³-hybridized carbons (Fsp3) is 0.231. The Kier molecular flexibility index (Phi) is 6.87. The highest BCUT2D eigenvalue weighted by Gasteiger charge is 2.28. The van der Waals surface area contributed by atoms with Gasteiger partial charge in [0.25, 0.3) is 0 Å². The molecule has 2 heterocycles. The molecule has 1 aliphatic rings. The third-order valence-electron chi connectivity index (χ3n) is 5.99. The van der Waals surface area contributed by atoms with Crippen LogP contribution in [0.25, 0.3) is 0 Å². The first-order valence-corrected chi connectivity index (χ1v) is 11.1. The Morgan fingerprint density at radius 1 is 1.18 bits per heavy atom. The van der Waals surface area contributed by atoms with Gasteiger partial charge in [-0.1, -0.05) is 24.8 Å². The van der Waals surface area contributed by atoms with Crippen LogP contribution in [-0.2, 0) is 4.79 Å². The number of carbonyl (C=O) groups excluding carboxylic acids is 1. The monoisotopic (exact) mass is 456 g/mol. The third-order valence-corrected chi connectivity index (χ3v) is 5.99. The first-order valence-electron chi connectivity index (χ1n) is 11.1. The second-order valence-electron chi connectivity index (χ2n) is 8.17. The maximum Gasteiger partial charge on any atom is 0.246 e. The second kappa shape index (κ2) is 10.2. The van der Waals surface area contributed by atoms with Crippen molar-refractivity contribution < 1.29 is 9.53 Å². The number of likely N-dealkylation sites (N-methyl/N-ethyl adjacent to an activating group) is 1. The van der Waals surface area contributed by atoms with E-state index in [9.17, 15) is 4.79 Å². The van der Waals surface area contributed by atoms with E-state index in [2.05, 4.69) is 16.5 Å². The quantitative estimate of drug-likeness (QED) is 0.413. The minimum Gasteiger partial charge on any atom is -0.457 e. The zero-order valence-electron chi connectivity index (χ0n) is 19.1. The molecule has 1 saturated heterocycles. The van der Waals surface area contributed by atoms with Gasteiger partial charge in [-0.2, -0.15) is 0 Å². The molecule has 3 N–H and O–H groups in total. The van der Waals surface area contributed by atoms with Crippen LogP contribution in [0, 0.1) is 5.41 Å². The molecular formula is C26H28N6O2. The Balaban J connectivity index is 1.57. The second-order valence-corrected chi connectivity index (χ2v) is 8.17. The molecule has 1 fully saturated rings. The fourth-order valence-corrected chi connectivity index (χ4v) is 4.13. The number of benzene rings is 2. The molecular weight excluding hydrogens is 428 g/mol. The number of rotatable bonds is 7. The summed E-state index contributed by atoms with van der Waals surface area (Å²) in [7, 11) is 1.92. The topological polar surface area (TPSA) is 108 Å². The molecule has 0 unspecified atom stereocenters. The average molecular weight is 457 g/mol. The van der Waals surface area contributed by atoms with Gasteiger partial charge in [0.05, 0.1) is 11.3 Å². The predicted molar refractivity (Wildman–Crippen MR) is 134 cm³/mol. The van der Waals surface area contributed by atoms with E-state index in [4.69, 9.17) is 15.9 Å². The number of anilines is 2. The number of nitrogens with two attached hydrogens (primary N) is 1. The molecule has 1 aromatic heterocycles. The van der Waals surface area contributed by atoms with Crippen LogP contribution < -0.4 is 15.4 Å². The normalized spacial score (nSPS) is 15.4. The summed E-state index contributed by atoms with van der Waals surface area (Å²) >= 11 is 0. The molecule has 1 atom stereocenters. The number of nitrogens with one attached hydrogen (secondary N) is 1. The van der Waals surface area contributed by atoms with Crippen molar-refractivity contribution in [2.75, 3.05) is 30.8 Å². The maximum absolute atomic E-state index is 12.1. The third kappa shape index (κ3) is 4.91. The van der Waals surface area contributed by atoms with E-state index in [1.807, 2.05) is 66.5 Å². The lowest BCUT2D eigenvalue weighted by molar-refractivity contribution is -0.127. The molecule has 8 heteroatoms. The summed E-state index contributed by atoms with van der Waals surface area (Å²) in [5.74, 6) is 2.14. The number of hydrogen-bond donors (Lipinski definition) is 2. The lowest BCUT2D eigenvalue weighted by Gasteiger charge is -2.38. The molecule has 174 valence electrons. The van der Waals surface area contributed by atoms with Gasteiger partial charge in [0.15, 0.2) is 0 Å². The molecule has 0 radical (unpaired) electrons. The van der Waals surface area contributed by atoms with E-state index in [0.29, 0.717) is 35.8 Å². The molecule has 1 aliphatic heterocycles. The molecule has 1 amide bonds. The molecule has 3 aromatic rings. The first-order chi connectivity index (χ1) is 16.5. The van der Waals surface area contributed by atoms with Crippen LogP contribution in [0.4, 0.5) is 11.6 Å². The SMILES string of the molecule is C=CC(=O)N1CCC[C@@H](N(C)c2ncnc(N)c2C(=N)c2ccc(Oc3ccccc3)cc2)C1. The Labute approximate surface area is 199 Å². The van der Waals surface area contributed by atoms with Gasteiger partial charge in [-0.3, -0.25) is 10.2 Å². The molecule has 0 aliphatic carbocycles. The molecule has 4 rings (SSSR count). The summed E-state index contributed by atoms with van der Waals surface area (Å²) in [5.41, 5.74) is 7.59. The smallest absolute Gasteiger partial charge is 0.246 e. The van der Waals surface area contributed by atoms with E-state index in [1.165, 1.54) is 12.4 Å². The van der Waals surface area contributed by atoms with Crippen LogP contribution in [0.5, 0.6) is 11.5 Å². The van der Waals surface area contributed by atoms with Gasteiger partial charge in [0, 0.05) is 31.7 Å². The van der Waals surface area contributed by atoms with Crippen LogP contribution in [0.3, 0.4) is 0 Å². The highest BCUT2D eigenvalue weighted by atomic mass is 16.5. The molecule has 0 saturated carbocycles. The van der Waals surface area contributed by atoms with Crippen LogP contribution in [0.15, 0.2) is 73.6 Å². The van der Waals surface area contributed by atoms with E-state index >= 15 is 0 Å². The summed E-state index contributed by atoms with van der Waals surface area (Å²) < 4.78 is 5.86. The fourth-order valence-electron chi connectivity index (χ4n) is 4.13. The largest absolute Gasteiger partial charge is 0.457 e. The van der Waals surface area contributed by atoms with Gasteiger partial charge in [-0.05, 0) is 55.3 Å². The Bertz CT molecular complexity index is 1180. The molecule has 2 aromatic carbocycles. The first kappa shape index (κ1) is 23.0. The van der Waals surface area contributed by atoms with Crippen LogP contribution in [0.2, 0.25) is 0 Å². The Morgan fingerprint density at radius 2 is 1.88 bits per heavy atom. The number of para-hydroxylation sites is 1. The van der Waals surface area contributed by atoms with Crippen LogP contribution in [-0.4, -0.2) is 52.7 Å². The van der Waals surface area contributed by atoms with Gasteiger partial charge in [-0.25, -0.2) is 9.97 Å². The lowest BCUT2D eigenvalue weighted by atomic mass is 10.0. The molecule has 8 nitrogen and oxygen atoms in total. The summed E-state index contributed by atoms with van der Waals surface area (Å²) in [6, 6.07) is 16.8. The number of aromatic nitrogens is 2. The highest BCUT2D eigenvalue weighted by molar-refractivity contribution is 6.16. The Hall–Kier alpha value is -4.20. The number of likely N-dealkylation sites (tertiary alicyclic amines) is 1. The van der Waals surface area contributed by atoms with Crippen molar-refractivity contribution >= 4 is 23.3 Å². The molecule has 0 spiro atoms.